The molecule has 0 saturated heterocycles. The molecule has 4 heteroatoms. The van der Waals surface area contributed by atoms with Gasteiger partial charge in [0.2, 0.25) is 0 Å². The summed E-state index contributed by atoms with van der Waals surface area (Å²) in [5.74, 6) is 0.813. The van der Waals surface area contributed by atoms with Gasteiger partial charge in [-0.3, -0.25) is 4.68 Å². The number of rotatable bonds is 7. The lowest BCUT2D eigenvalue weighted by Gasteiger charge is -2.13. The zero-order chi connectivity index (χ0) is 15.2. The normalized spacial score (nSPS) is 12.4. The number of benzene rings is 1. The van der Waals surface area contributed by atoms with Crippen molar-refractivity contribution < 1.29 is 9.84 Å². The number of aryl methyl sites for hydroxylation is 2. The average molecular weight is 288 g/mol. The Hall–Kier alpha value is -1.81. The summed E-state index contributed by atoms with van der Waals surface area (Å²) >= 11 is 0. The maximum absolute atomic E-state index is 10.5. The second kappa shape index (κ2) is 7.27. The van der Waals surface area contributed by atoms with Crippen LogP contribution in [0.4, 0.5) is 0 Å². The van der Waals surface area contributed by atoms with Crippen LogP contribution >= 0.6 is 0 Å². The molecule has 1 heterocycles. The summed E-state index contributed by atoms with van der Waals surface area (Å²) in [5, 5.41) is 14.9. The quantitative estimate of drug-likeness (QED) is 0.850. The number of aromatic nitrogens is 2. The number of hydrogen-bond acceptors (Lipinski definition) is 3. The van der Waals surface area contributed by atoms with Crippen molar-refractivity contribution in [1.82, 2.24) is 9.78 Å². The molecule has 1 aromatic carbocycles. The highest BCUT2D eigenvalue weighted by molar-refractivity contribution is 5.30. The number of aliphatic hydroxyl groups is 1. The maximum Gasteiger partial charge on any atom is 0.119 e. The Morgan fingerprint density at radius 3 is 2.81 bits per heavy atom. The summed E-state index contributed by atoms with van der Waals surface area (Å²) in [6.07, 6.45) is 0.991. The van der Waals surface area contributed by atoms with E-state index in [1.807, 2.05) is 41.9 Å². The summed E-state index contributed by atoms with van der Waals surface area (Å²) in [6.45, 7) is 7.62. The first-order valence-corrected chi connectivity index (χ1v) is 7.58. The Kier molecular flexibility index (Phi) is 5.39. The van der Waals surface area contributed by atoms with E-state index in [1.54, 1.807) is 0 Å². The van der Waals surface area contributed by atoms with E-state index < -0.39 is 6.10 Å². The molecule has 114 valence electrons. The summed E-state index contributed by atoms with van der Waals surface area (Å²) in [6, 6.07) is 9.73. The lowest BCUT2D eigenvalue weighted by atomic mass is 10.0. The minimum Gasteiger partial charge on any atom is -0.494 e. The van der Waals surface area contributed by atoms with E-state index in [0.717, 1.165) is 35.7 Å². The molecular weight excluding hydrogens is 264 g/mol. The lowest BCUT2D eigenvalue weighted by Crippen LogP contribution is -2.08. The van der Waals surface area contributed by atoms with E-state index in [1.165, 1.54) is 0 Å². The van der Waals surface area contributed by atoms with Crippen LogP contribution in [0.1, 0.15) is 43.3 Å². The molecule has 1 aromatic heterocycles. The highest BCUT2D eigenvalue weighted by atomic mass is 16.5. The molecule has 0 spiro atoms. The molecule has 2 aromatic rings. The van der Waals surface area contributed by atoms with Crippen molar-refractivity contribution in [3.63, 3.8) is 0 Å². The van der Waals surface area contributed by atoms with E-state index in [2.05, 4.69) is 18.9 Å². The van der Waals surface area contributed by atoms with Gasteiger partial charge in [0.05, 0.1) is 18.4 Å². The Labute approximate surface area is 126 Å². The molecule has 21 heavy (non-hydrogen) atoms. The van der Waals surface area contributed by atoms with Crippen molar-refractivity contribution in [2.45, 2.75) is 46.3 Å². The van der Waals surface area contributed by atoms with Gasteiger partial charge in [-0.15, -0.1) is 0 Å². The van der Waals surface area contributed by atoms with Gasteiger partial charge in [-0.25, -0.2) is 0 Å². The largest absolute Gasteiger partial charge is 0.494 e. The van der Waals surface area contributed by atoms with Crippen molar-refractivity contribution in [3.05, 3.63) is 47.3 Å². The Bertz CT molecular complexity index is 578. The van der Waals surface area contributed by atoms with Gasteiger partial charge < -0.3 is 9.84 Å². The Balaban J connectivity index is 2.10. The van der Waals surface area contributed by atoms with Gasteiger partial charge in [0.25, 0.3) is 0 Å². The molecule has 0 saturated carbocycles. The van der Waals surface area contributed by atoms with Gasteiger partial charge in [0.15, 0.2) is 0 Å². The highest BCUT2D eigenvalue weighted by Crippen LogP contribution is 2.23. The van der Waals surface area contributed by atoms with Crippen LogP contribution in [0.3, 0.4) is 0 Å². The van der Waals surface area contributed by atoms with E-state index >= 15 is 0 Å². The third-order valence-electron chi connectivity index (χ3n) is 3.40. The standard InChI is InChI=1S/C17H24N2O2/c1-4-9-21-16-8-6-7-14(11-16)17(20)12-15-10-13(3)18-19(15)5-2/h6-8,10-11,17,20H,4-5,9,12H2,1-3H3. The van der Waals surface area contributed by atoms with E-state index in [-0.39, 0.29) is 0 Å². The molecule has 0 amide bonds. The predicted octanol–water partition coefficient (Wildman–Crippen LogP) is 3.28. The van der Waals surface area contributed by atoms with E-state index in [4.69, 9.17) is 4.74 Å². The zero-order valence-electron chi connectivity index (χ0n) is 13.0. The van der Waals surface area contributed by atoms with Crippen LogP contribution in [0, 0.1) is 6.92 Å². The molecule has 1 N–H and O–H groups in total. The van der Waals surface area contributed by atoms with Gasteiger partial charge in [-0.2, -0.15) is 5.10 Å². The first-order chi connectivity index (χ1) is 10.1. The van der Waals surface area contributed by atoms with Crippen LogP contribution in [0.15, 0.2) is 30.3 Å². The first-order valence-electron chi connectivity index (χ1n) is 7.58. The van der Waals surface area contributed by atoms with Crippen molar-refractivity contribution >= 4 is 0 Å². The fraction of sp³-hybridized carbons (Fsp3) is 0.471. The number of nitrogens with zero attached hydrogens (tertiary/aromatic N) is 2. The molecule has 0 fully saturated rings. The fourth-order valence-corrected chi connectivity index (χ4v) is 2.38. The summed E-state index contributed by atoms with van der Waals surface area (Å²) in [4.78, 5) is 0. The van der Waals surface area contributed by atoms with Gasteiger partial charge in [0.1, 0.15) is 5.75 Å². The second-order valence-corrected chi connectivity index (χ2v) is 5.23. The molecule has 0 aliphatic carbocycles. The third kappa shape index (κ3) is 4.08. The van der Waals surface area contributed by atoms with Crippen LogP contribution in [0.25, 0.3) is 0 Å². The summed E-state index contributed by atoms with van der Waals surface area (Å²) in [5.41, 5.74) is 2.92. The van der Waals surface area contributed by atoms with Crippen LogP contribution in [-0.4, -0.2) is 21.5 Å². The lowest BCUT2D eigenvalue weighted by molar-refractivity contribution is 0.175. The predicted molar refractivity (Wildman–Crippen MR) is 83.5 cm³/mol. The minimum atomic E-state index is -0.545. The summed E-state index contributed by atoms with van der Waals surface area (Å²) < 4.78 is 7.56. The molecule has 1 unspecified atom stereocenters. The average Bonchev–Trinajstić information content (AvgIpc) is 2.85. The fourth-order valence-electron chi connectivity index (χ4n) is 2.38. The molecule has 0 radical (unpaired) electrons. The van der Waals surface area contributed by atoms with Crippen LogP contribution in [0.2, 0.25) is 0 Å². The SMILES string of the molecule is CCCOc1cccc(C(O)Cc2cc(C)nn2CC)c1. The smallest absolute Gasteiger partial charge is 0.119 e. The van der Waals surface area contributed by atoms with Gasteiger partial charge in [-0.05, 0) is 44.0 Å². The molecule has 0 aliphatic rings. The van der Waals surface area contributed by atoms with Gasteiger partial charge in [-0.1, -0.05) is 19.1 Å². The number of aliphatic hydroxyl groups excluding tert-OH is 1. The molecular formula is C17H24N2O2. The van der Waals surface area contributed by atoms with Crippen molar-refractivity contribution in [1.29, 1.82) is 0 Å². The van der Waals surface area contributed by atoms with Crippen LogP contribution in [0.5, 0.6) is 5.75 Å². The van der Waals surface area contributed by atoms with E-state index in [0.29, 0.717) is 13.0 Å². The van der Waals surface area contributed by atoms with E-state index in [9.17, 15) is 5.11 Å². The van der Waals surface area contributed by atoms with Crippen LogP contribution < -0.4 is 4.74 Å². The molecule has 4 nitrogen and oxygen atoms in total. The highest BCUT2D eigenvalue weighted by Gasteiger charge is 2.13. The monoisotopic (exact) mass is 288 g/mol. The number of hydrogen-bond donors (Lipinski definition) is 1. The van der Waals surface area contributed by atoms with Gasteiger partial charge >= 0.3 is 0 Å². The van der Waals surface area contributed by atoms with Gasteiger partial charge in [0, 0.05) is 18.7 Å². The molecule has 1 atom stereocenters. The molecule has 2 rings (SSSR count). The minimum absolute atomic E-state index is 0.545. The van der Waals surface area contributed by atoms with Crippen LogP contribution in [-0.2, 0) is 13.0 Å². The molecule has 0 aliphatic heterocycles. The maximum atomic E-state index is 10.5. The molecule has 0 bridgehead atoms. The zero-order valence-corrected chi connectivity index (χ0v) is 13.0. The third-order valence-corrected chi connectivity index (χ3v) is 3.40. The Morgan fingerprint density at radius 2 is 2.10 bits per heavy atom. The number of ether oxygens (including phenoxy) is 1. The topological polar surface area (TPSA) is 47.3 Å². The first kappa shape index (κ1) is 15.6. The summed E-state index contributed by atoms with van der Waals surface area (Å²) in [7, 11) is 0. The van der Waals surface area contributed by atoms with Crippen molar-refractivity contribution in [2.24, 2.45) is 0 Å². The van der Waals surface area contributed by atoms with Crippen molar-refractivity contribution in [2.75, 3.05) is 6.61 Å². The second-order valence-electron chi connectivity index (χ2n) is 5.23. The van der Waals surface area contributed by atoms with Crippen molar-refractivity contribution in [3.8, 4) is 5.75 Å². The Morgan fingerprint density at radius 1 is 1.29 bits per heavy atom.